The molecule has 0 fully saturated rings. The summed E-state index contributed by atoms with van der Waals surface area (Å²) < 4.78 is 15.1. The summed E-state index contributed by atoms with van der Waals surface area (Å²) in [6.45, 7) is 2.27. The Morgan fingerprint density at radius 3 is 2.52 bits per heavy atom. The minimum Gasteiger partial charge on any atom is -0.497 e. The third-order valence-corrected chi connectivity index (χ3v) is 3.90. The molecule has 2 rings (SSSR count). The highest BCUT2D eigenvalue weighted by Gasteiger charge is 2.18. The molecule has 0 unspecified atom stereocenters. The summed E-state index contributed by atoms with van der Waals surface area (Å²) in [7, 11) is 3.17. The Morgan fingerprint density at radius 2 is 1.80 bits per heavy atom. The average Bonchev–Trinajstić information content (AvgIpc) is 2.64. The molecule has 0 radical (unpaired) electrons. The smallest absolute Gasteiger partial charge is 0.313 e. The van der Waals surface area contributed by atoms with Crippen LogP contribution in [0.25, 0.3) is 10.8 Å². The molecule has 0 heterocycles. The molecule has 0 aliphatic carbocycles. The van der Waals surface area contributed by atoms with Gasteiger partial charge in [0.25, 0.3) is 5.91 Å². The highest BCUT2D eigenvalue weighted by molar-refractivity contribution is 5.87. The first kappa shape index (κ1) is 18.7. The highest BCUT2D eigenvalue weighted by Crippen LogP contribution is 2.25. The van der Waals surface area contributed by atoms with E-state index in [0.29, 0.717) is 13.2 Å². The van der Waals surface area contributed by atoms with Gasteiger partial charge in [-0.2, -0.15) is 0 Å². The van der Waals surface area contributed by atoms with E-state index in [1.54, 1.807) is 21.1 Å². The number of hydrogen-bond acceptors (Lipinski definition) is 5. The summed E-state index contributed by atoms with van der Waals surface area (Å²) in [5.74, 6) is -0.455. The maximum atomic E-state index is 12.2. The van der Waals surface area contributed by atoms with Crippen LogP contribution in [0.4, 0.5) is 0 Å². The fourth-order valence-electron chi connectivity index (χ4n) is 2.38. The summed E-state index contributed by atoms with van der Waals surface area (Å²) in [5, 5.41) is 4.64. The predicted octanol–water partition coefficient (Wildman–Crippen LogP) is 2.26. The Balaban J connectivity index is 1.97. The molecular formula is C19H23NO5. The van der Waals surface area contributed by atoms with Crippen LogP contribution in [-0.4, -0.2) is 45.9 Å². The van der Waals surface area contributed by atoms with E-state index in [-0.39, 0.29) is 12.5 Å². The summed E-state index contributed by atoms with van der Waals surface area (Å²) in [5.41, 5.74) is 0.836. The molecule has 1 N–H and O–H groups in total. The van der Waals surface area contributed by atoms with E-state index in [9.17, 15) is 9.59 Å². The number of hydrogen-bond donors (Lipinski definition) is 1. The van der Waals surface area contributed by atoms with Crippen molar-refractivity contribution in [1.29, 1.82) is 0 Å². The number of methoxy groups -OCH3 is 2. The first-order valence-corrected chi connectivity index (χ1v) is 8.05. The number of benzene rings is 2. The number of rotatable bonds is 8. The van der Waals surface area contributed by atoms with Gasteiger partial charge in [0, 0.05) is 13.7 Å². The maximum Gasteiger partial charge on any atom is 0.313 e. The second-order valence-electron chi connectivity index (χ2n) is 5.64. The number of ether oxygens (including phenoxy) is 3. The molecule has 6 nitrogen and oxygen atoms in total. The third-order valence-electron chi connectivity index (χ3n) is 3.90. The third kappa shape index (κ3) is 5.19. The summed E-state index contributed by atoms with van der Waals surface area (Å²) >= 11 is 0. The monoisotopic (exact) mass is 345 g/mol. The first-order chi connectivity index (χ1) is 12.0. The second-order valence-corrected chi connectivity index (χ2v) is 5.64. The van der Waals surface area contributed by atoms with E-state index in [1.165, 1.54) is 0 Å². The molecule has 0 aromatic heterocycles. The van der Waals surface area contributed by atoms with Gasteiger partial charge in [-0.3, -0.25) is 9.59 Å². The zero-order valence-corrected chi connectivity index (χ0v) is 14.7. The van der Waals surface area contributed by atoms with Crippen molar-refractivity contribution in [3.05, 3.63) is 42.0 Å². The fourth-order valence-corrected chi connectivity index (χ4v) is 2.38. The Kier molecular flexibility index (Phi) is 6.77. The van der Waals surface area contributed by atoms with Crippen molar-refractivity contribution in [2.75, 3.05) is 34.0 Å². The van der Waals surface area contributed by atoms with E-state index in [0.717, 1.165) is 22.1 Å². The molecule has 0 saturated carbocycles. The van der Waals surface area contributed by atoms with Crippen molar-refractivity contribution >= 4 is 22.6 Å². The molecular weight excluding hydrogens is 322 g/mol. The van der Waals surface area contributed by atoms with Crippen LogP contribution in [-0.2, 0) is 19.1 Å². The first-order valence-electron chi connectivity index (χ1n) is 8.05. The molecule has 2 aromatic carbocycles. The minimum atomic E-state index is -0.460. The fraction of sp³-hybridized carbons (Fsp3) is 0.368. The van der Waals surface area contributed by atoms with Gasteiger partial charge in [-0.15, -0.1) is 0 Å². The number of nitrogens with one attached hydrogen (secondary N) is 1. The van der Waals surface area contributed by atoms with Gasteiger partial charge < -0.3 is 19.5 Å². The van der Waals surface area contributed by atoms with Crippen molar-refractivity contribution in [3.8, 4) is 5.75 Å². The number of amides is 1. The standard InChI is InChI=1S/C19H23NO5/c1-13(19(22)25-12-18(21)20-8-9-23-2)14-4-5-16-11-17(24-3)7-6-15(16)10-14/h4-7,10-11,13H,8-9,12H2,1-3H3,(H,20,21)/t13-/m0/s1. The Morgan fingerprint density at radius 1 is 1.08 bits per heavy atom. The lowest BCUT2D eigenvalue weighted by molar-refractivity contribution is -0.149. The van der Waals surface area contributed by atoms with Crippen LogP contribution < -0.4 is 10.1 Å². The van der Waals surface area contributed by atoms with Gasteiger partial charge in [0.2, 0.25) is 0 Å². The lowest BCUT2D eigenvalue weighted by Crippen LogP contribution is -2.31. The number of esters is 1. The molecule has 0 aliphatic rings. The molecule has 2 aromatic rings. The molecule has 1 atom stereocenters. The van der Waals surface area contributed by atoms with Gasteiger partial charge in [0.1, 0.15) is 5.75 Å². The molecule has 25 heavy (non-hydrogen) atoms. The number of carbonyl (C=O) groups excluding carboxylic acids is 2. The molecule has 0 saturated heterocycles. The quantitative estimate of drug-likeness (QED) is 0.587. The summed E-state index contributed by atoms with van der Waals surface area (Å²) in [6, 6.07) is 11.5. The molecule has 1 amide bonds. The zero-order chi connectivity index (χ0) is 18.2. The molecule has 6 heteroatoms. The van der Waals surface area contributed by atoms with Gasteiger partial charge in [-0.25, -0.2) is 0 Å². The van der Waals surface area contributed by atoms with E-state index >= 15 is 0 Å². The molecule has 0 bridgehead atoms. The minimum absolute atomic E-state index is 0.294. The van der Waals surface area contributed by atoms with Gasteiger partial charge in [-0.05, 0) is 35.4 Å². The Bertz CT molecular complexity index is 744. The van der Waals surface area contributed by atoms with Crippen molar-refractivity contribution in [3.63, 3.8) is 0 Å². The second kappa shape index (κ2) is 9.03. The van der Waals surface area contributed by atoms with Crippen molar-refractivity contribution in [2.24, 2.45) is 0 Å². The molecule has 0 aliphatic heterocycles. The van der Waals surface area contributed by atoms with E-state index in [1.807, 2.05) is 36.4 Å². The predicted molar refractivity (Wildman–Crippen MR) is 94.8 cm³/mol. The van der Waals surface area contributed by atoms with Crippen LogP contribution in [0.2, 0.25) is 0 Å². The Labute approximate surface area is 147 Å². The van der Waals surface area contributed by atoms with Crippen LogP contribution in [0.5, 0.6) is 5.75 Å². The average molecular weight is 345 g/mol. The van der Waals surface area contributed by atoms with Crippen LogP contribution in [0.1, 0.15) is 18.4 Å². The van der Waals surface area contributed by atoms with Gasteiger partial charge in [-0.1, -0.05) is 24.3 Å². The van der Waals surface area contributed by atoms with E-state index in [4.69, 9.17) is 14.2 Å². The molecule has 0 spiro atoms. The van der Waals surface area contributed by atoms with E-state index in [2.05, 4.69) is 5.32 Å². The lowest BCUT2D eigenvalue weighted by atomic mass is 9.98. The zero-order valence-electron chi connectivity index (χ0n) is 14.7. The topological polar surface area (TPSA) is 73.9 Å². The summed E-state index contributed by atoms with van der Waals surface area (Å²) in [4.78, 5) is 23.7. The van der Waals surface area contributed by atoms with Crippen molar-refractivity contribution in [2.45, 2.75) is 12.8 Å². The van der Waals surface area contributed by atoms with Gasteiger partial charge in [0.15, 0.2) is 6.61 Å². The van der Waals surface area contributed by atoms with Crippen LogP contribution in [0.15, 0.2) is 36.4 Å². The lowest BCUT2D eigenvalue weighted by Gasteiger charge is -2.13. The van der Waals surface area contributed by atoms with Crippen molar-refractivity contribution in [1.82, 2.24) is 5.32 Å². The Hall–Kier alpha value is -2.60. The summed E-state index contributed by atoms with van der Waals surface area (Å²) in [6.07, 6.45) is 0. The number of carbonyl (C=O) groups is 2. The highest BCUT2D eigenvalue weighted by atomic mass is 16.5. The normalized spacial score (nSPS) is 11.8. The van der Waals surface area contributed by atoms with Crippen molar-refractivity contribution < 1.29 is 23.8 Å². The van der Waals surface area contributed by atoms with Crippen LogP contribution in [0, 0.1) is 0 Å². The number of fused-ring (bicyclic) bond motifs is 1. The van der Waals surface area contributed by atoms with Crippen LogP contribution in [0.3, 0.4) is 0 Å². The SMILES string of the molecule is COCCNC(=O)COC(=O)[C@@H](C)c1ccc2cc(OC)ccc2c1. The largest absolute Gasteiger partial charge is 0.497 e. The van der Waals surface area contributed by atoms with Crippen LogP contribution >= 0.6 is 0 Å². The molecule has 134 valence electrons. The van der Waals surface area contributed by atoms with Gasteiger partial charge in [0.05, 0.1) is 19.6 Å². The maximum absolute atomic E-state index is 12.2. The van der Waals surface area contributed by atoms with Gasteiger partial charge >= 0.3 is 5.97 Å². The van der Waals surface area contributed by atoms with E-state index < -0.39 is 11.9 Å².